The Morgan fingerprint density at radius 2 is 1.77 bits per heavy atom. The van der Waals surface area contributed by atoms with Gasteiger partial charge in [0.2, 0.25) is 0 Å². The number of hydrogen-bond donors (Lipinski definition) is 3. The molecule has 1 aromatic carbocycles. The number of rotatable bonds is 5. The molecule has 0 aliphatic heterocycles. The van der Waals surface area contributed by atoms with Gasteiger partial charge < -0.3 is 16.2 Å². The Morgan fingerprint density at radius 1 is 1.15 bits per heavy atom. The minimum Gasteiger partial charge on any atom is -0.395 e. The van der Waals surface area contributed by atoms with E-state index in [4.69, 9.17) is 10.8 Å². The average Bonchev–Trinajstić information content (AvgIpc) is 2.19. The molecular weight excluding hydrogens is 164 g/mol. The second-order valence-corrected chi connectivity index (χ2v) is 2.92. The van der Waals surface area contributed by atoms with Crippen LogP contribution in [0.2, 0.25) is 0 Å². The summed E-state index contributed by atoms with van der Waals surface area (Å²) in [7, 11) is 0. The maximum atomic E-state index is 8.55. The van der Waals surface area contributed by atoms with Gasteiger partial charge in [-0.15, -0.1) is 0 Å². The number of nitrogens with two attached hydrogens (primary N) is 1. The van der Waals surface area contributed by atoms with Crippen molar-refractivity contribution in [2.45, 2.75) is 13.1 Å². The summed E-state index contributed by atoms with van der Waals surface area (Å²) >= 11 is 0. The molecule has 0 aromatic heterocycles. The first-order valence-corrected chi connectivity index (χ1v) is 4.46. The van der Waals surface area contributed by atoms with E-state index < -0.39 is 0 Å². The van der Waals surface area contributed by atoms with E-state index in [1.54, 1.807) is 0 Å². The summed E-state index contributed by atoms with van der Waals surface area (Å²) in [6.07, 6.45) is 0. The minimum absolute atomic E-state index is 0.181. The van der Waals surface area contributed by atoms with Gasteiger partial charge in [0.15, 0.2) is 0 Å². The number of aliphatic hydroxyl groups is 1. The number of hydrogen-bond acceptors (Lipinski definition) is 3. The van der Waals surface area contributed by atoms with E-state index in [0.717, 1.165) is 12.1 Å². The highest BCUT2D eigenvalue weighted by Gasteiger charge is 1.92. The van der Waals surface area contributed by atoms with Crippen molar-refractivity contribution >= 4 is 0 Å². The van der Waals surface area contributed by atoms with Crippen molar-refractivity contribution in [3.8, 4) is 0 Å². The van der Waals surface area contributed by atoms with E-state index in [9.17, 15) is 0 Å². The molecule has 13 heavy (non-hydrogen) atoms. The fraction of sp³-hybridized carbons (Fsp3) is 0.400. The summed E-state index contributed by atoms with van der Waals surface area (Å²) < 4.78 is 0. The van der Waals surface area contributed by atoms with E-state index in [1.807, 2.05) is 24.3 Å². The Morgan fingerprint density at radius 3 is 2.31 bits per heavy atom. The lowest BCUT2D eigenvalue weighted by atomic mass is 10.1. The zero-order chi connectivity index (χ0) is 9.52. The third kappa shape index (κ3) is 3.55. The highest BCUT2D eigenvalue weighted by atomic mass is 16.3. The van der Waals surface area contributed by atoms with Crippen LogP contribution in [0.3, 0.4) is 0 Å². The Balaban J connectivity index is 2.40. The van der Waals surface area contributed by atoms with Gasteiger partial charge in [-0.2, -0.15) is 0 Å². The highest BCUT2D eigenvalue weighted by Crippen LogP contribution is 2.02. The second kappa shape index (κ2) is 5.70. The van der Waals surface area contributed by atoms with Gasteiger partial charge in [0.25, 0.3) is 0 Å². The summed E-state index contributed by atoms with van der Waals surface area (Å²) in [5.74, 6) is 0. The molecule has 0 aliphatic carbocycles. The Kier molecular flexibility index (Phi) is 4.46. The van der Waals surface area contributed by atoms with Crippen LogP contribution in [-0.2, 0) is 13.1 Å². The van der Waals surface area contributed by atoms with Crippen LogP contribution in [0.1, 0.15) is 11.1 Å². The maximum Gasteiger partial charge on any atom is 0.0556 e. The lowest BCUT2D eigenvalue weighted by molar-refractivity contribution is 0.292. The van der Waals surface area contributed by atoms with Gasteiger partial charge in [-0.25, -0.2) is 0 Å². The third-order valence-electron chi connectivity index (χ3n) is 1.88. The molecule has 0 saturated heterocycles. The summed E-state index contributed by atoms with van der Waals surface area (Å²) in [6.45, 7) is 2.20. The molecule has 0 heterocycles. The molecule has 0 atom stereocenters. The molecule has 0 saturated carbocycles. The van der Waals surface area contributed by atoms with Gasteiger partial charge in [0, 0.05) is 19.6 Å². The molecule has 4 N–H and O–H groups in total. The smallest absolute Gasteiger partial charge is 0.0556 e. The monoisotopic (exact) mass is 180 g/mol. The van der Waals surface area contributed by atoms with Crippen molar-refractivity contribution in [1.29, 1.82) is 0 Å². The van der Waals surface area contributed by atoms with Gasteiger partial charge in [-0.1, -0.05) is 24.3 Å². The molecule has 0 radical (unpaired) electrons. The molecule has 0 unspecified atom stereocenters. The van der Waals surface area contributed by atoms with Crippen LogP contribution in [0, 0.1) is 0 Å². The number of benzene rings is 1. The van der Waals surface area contributed by atoms with Gasteiger partial charge in [-0.05, 0) is 11.1 Å². The summed E-state index contributed by atoms with van der Waals surface area (Å²) in [6, 6.07) is 8.14. The lowest BCUT2D eigenvalue weighted by Gasteiger charge is -2.03. The molecule has 72 valence electrons. The van der Waals surface area contributed by atoms with Gasteiger partial charge in [0.05, 0.1) is 6.61 Å². The average molecular weight is 180 g/mol. The predicted molar refractivity (Wildman–Crippen MR) is 53.1 cm³/mol. The van der Waals surface area contributed by atoms with Crippen molar-refractivity contribution in [2.75, 3.05) is 13.2 Å². The highest BCUT2D eigenvalue weighted by molar-refractivity contribution is 5.22. The van der Waals surface area contributed by atoms with E-state index in [0.29, 0.717) is 13.1 Å². The Bertz CT molecular complexity index is 233. The molecule has 0 spiro atoms. The predicted octanol–water partition coefficient (Wildman–Crippen LogP) is 0.227. The van der Waals surface area contributed by atoms with Crippen molar-refractivity contribution < 1.29 is 5.11 Å². The zero-order valence-electron chi connectivity index (χ0n) is 7.66. The fourth-order valence-electron chi connectivity index (χ4n) is 1.10. The first-order chi connectivity index (χ1) is 6.36. The molecule has 0 bridgehead atoms. The lowest BCUT2D eigenvalue weighted by Crippen LogP contribution is -2.17. The van der Waals surface area contributed by atoms with E-state index in [2.05, 4.69) is 5.32 Å². The molecule has 1 rings (SSSR count). The molecule has 0 aliphatic rings. The quantitative estimate of drug-likeness (QED) is 0.568. The maximum absolute atomic E-state index is 8.55. The van der Waals surface area contributed by atoms with Crippen LogP contribution < -0.4 is 11.1 Å². The first-order valence-electron chi connectivity index (χ1n) is 4.46. The zero-order valence-corrected chi connectivity index (χ0v) is 7.66. The standard InChI is InChI=1S/C10H16N2O/c11-7-9-1-3-10(4-2-9)8-12-5-6-13/h1-4,12-13H,5-8,11H2. The number of nitrogens with one attached hydrogen (secondary N) is 1. The summed E-state index contributed by atoms with van der Waals surface area (Å²) in [5.41, 5.74) is 7.83. The summed E-state index contributed by atoms with van der Waals surface area (Å²) in [5, 5.41) is 11.7. The van der Waals surface area contributed by atoms with Crippen LogP contribution in [0.25, 0.3) is 0 Å². The second-order valence-electron chi connectivity index (χ2n) is 2.92. The fourth-order valence-corrected chi connectivity index (χ4v) is 1.10. The van der Waals surface area contributed by atoms with Crippen molar-refractivity contribution in [2.24, 2.45) is 5.73 Å². The van der Waals surface area contributed by atoms with E-state index >= 15 is 0 Å². The van der Waals surface area contributed by atoms with Crippen LogP contribution in [0.15, 0.2) is 24.3 Å². The van der Waals surface area contributed by atoms with E-state index in [1.165, 1.54) is 5.56 Å². The Hall–Kier alpha value is -0.900. The molecule has 0 amide bonds. The molecule has 0 fully saturated rings. The normalized spacial score (nSPS) is 10.3. The van der Waals surface area contributed by atoms with Gasteiger partial charge in [0.1, 0.15) is 0 Å². The molecule has 3 nitrogen and oxygen atoms in total. The van der Waals surface area contributed by atoms with Crippen molar-refractivity contribution in [1.82, 2.24) is 5.32 Å². The first kappa shape index (κ1) is 10.2. The van der Waals surface area contributed by atoms with Crippen LogP contribution >= 0.6 is 0 Å². The van der Waals surface area contributed by atoms with E-state index in [-0.39, 0.29) is 6.61 Å². The third-order valence-corrected chi connectivity index (χ3v) is 1.88. The SMILES string of the molecule is NCc1ccc(CNCCO)cc1. The molecule has 1 aromatic rings. The topological polar surface area (TPSA) is 58.3 Å². The van der Waals surface area contributed by atoms with Crippen LogP contribution in [0.5, 0.6) is 0 Å². The van der Waals surface area contributed by atoms with Gasteiger partial charge >= 0.3 is 0 Å². The number of aliphatic hydroxyl groups excluding tert-OH is 1. The largest absolute Gasteiger partial charge is 0.395 e. The molecular formula is C10H16N2O. The molecule has 3 heteroatoms. The Labute approximate surface area is 78.6 Å². The summed E-state index contributed by atoms with van der Waals surface area (Å²) in [4.78, 5) is 0. The minimum atomic E-state index is 0.181. The van der Waals surface area contributed by atoms with Gasteiger partial charge in [-0.3, -0.25) is 0 Å². The van der Waals surface area contributed by atoms with Crippen molar-refractivity contribution in [3.05, 3.63) is 35.4 Å². The van der Waals surface area contributed by atoms with Crippen LogP contribution in [0.4, 0.5) is 0 Å². The van der Waals surface area contributed by atoms with Crippen LogP contribution in [-0.4, -0.2) is 18.3 Å². The van der Waals surface area contributed by atoms with Crippen molar-refractivity contribution in [3.63, 3.8) is 0 Å².